The lowest BCUT2D eigenvalue weighted by molar-refractivity contribution is -0.118. The van der Waals surface area contributed by atoms with Crippen LogP contribution in [0.5, 0.6) is 5.88 Å². The molecule has 0 bridgehead atoms. The van der Waals surface area contributed by atoms with Crippen molar-refractivity contribution in [2.24, 2.45) is 10.2 Å². The first-order valence-electron chi connectivity index (χ1n) is 12.6. The Kier molecular flexibility index (Phi) is 13.3. The molecule has 6 heteroatoms. The predicted molar refractivity (Wildman–Crippen MR) is 137 cm³/mol. The minimum atomic E-state index is -0.233. The summed E-state index contributed by atoms with van der Waals surface area (Å²) in [6.45, 7) is 2.27. The summed E-state index contributed by atoms with van der Waals surface area (Å²) in [4.78, 5) is 14.9. The van der Waals surface area contributed by atoms with Crippen LogP contribution in [0.25, 0.3) is 10.9 Å². The van der Waals surface area contributed by atoms with Crippen molar-refractivity contribution in [2.45, 2.75) is 110 Å². The molecule has 5 nitrogen and oxygen atoms in total. The number of azo groups is 1. The van der Waals surface area contributed by atoms with Gasteiger partial charge in [0.25, 0.3) is 5.91 Å². The molecule has 1 aromatic heterocycles. The number of nitrogens with one attached hydrogen (secondary N) is 1. The first-order valence-corrected chi connectivity index (χ1v) is 13.4. The number of halogens is 1. The predicted octanol–water partition coefficient (Wildman–Crippen LogP) is 9.51. The molecule has 0 fully saturated rings. The quantitative estimate of drug-likeness (QED) is 0.166. The van der Waals surface area contributed by atoms with Gasteiger partial charge in [-0.05, 0) is 24.6 Å². The van der Waals surface area contributed by atoms with E-state index in [4.69, 9.17) is 0 Å². The van der Waals surface area contributed by atoms with Crippen molar-refractivity contribution >= 4 is 38.4 Å². The number of rotatable bonds is 17. The Balaban J connectivity index is 1.48. The van der Waals surface area contributed by atoms with Crippen LogP contribution >= 0.6 is 15.9 Å². The van der Waals surface area contributed by atoms with E-state index in [9.17, 15) is 9.90 Å². The lowest BCUT2D eigenvalue weighted by Crippen LogP contribution is -1.91. The highest BCUT2D eigenvalue weighted by molar-refractivity contribution is 9.10. The van der Waals surface area contributed by atoms with Crippen molar-refractivity contribution in [3.63, 3.8) is 0 Å². The van der Waals surface area contributed by atoms with Gasteiger partial charge >= 0.3 is 0 Å². The summed E-state index contributed by atoms with van der Waals surface area (Å²) in [7, 11) is 0. The average Bonchev–Trinajstić information content (AvgIpc) is 3.09. The van der Waals surface area contributed by atoms with E-state index >= 15 is 0 Å². The van der Waals surface area contributed by atoms with Crippen molar-refractivity contribution < 1.29 is 9.90 Å². The molecular weight excluding hydrogens is 466 g/mol. The molecule has 0 spiro atoms. The zero-order valence-corrected chi connectivity index (χ0v) is 21.3. The van der Waals surface area contributed by atoms with Gasteiger partial charge in [-0.2, -0.15) is 0 Å². The van der Waals surface area contributed by atoms with Crippen LogP contribution in [0.2, 0.25) is 0 Å². The van der Waals surface area contributed by atoms with Gasteiger partial charge in [0.2, 0.25) is 5.88 Å². The Bertz CT molecular complexity index is 832. The van der Waals surface area contributed by atoms with Gasteiger partial charge in [0, 0.05) is 16.3 Å². The SMILES string of the molecule is CCCCCCCCCCCCCCCCCC(=O)N=Nc1c(O)[nH]c2ccc(Br)cc12. The molecule has 2 aromatic rings. The largest absolute Gasteiger partial charge is 0.493 e. The third-order valence-corrected chi connectivity index (χ3v) is 6.46. The second-order valence-electron chi connectivity index (χ2n) is 8.81. The summed E-state index contributed by atoms with van der Waals surface area (Å²) in [5.74, 6) is -0.301. The Morgan fingerprint density at radius 3 is 1.97 bits per heavy atom. The van der Waals surface area contributed by atoms with Crippen LogP contribution in [-0.2, 0) is 4.79 Å². The molecular formula is C26H40BrN3O2. The van der Waals surface area contributed by atoms with Gasteiger partial charge in [-0.25, -0.2) is 0 Å². The average molecular weight is 507 g/mol. The molecule has 178 valence electrons. The summed E-state index contributed by atoms with van der Waals surface area (Å²) < 4.78 is 0.879. The number of unbranched alkanes of at least 4 members (excludes halogenated alkanes) is 14. The number of aromatic nitrogens is 1. The Labute approximate surface area is 201 Å². The molecule has 0 aliphatic carbocycles. The second kappa shape index (κ2) is 16.0. The van der Waals surface area contributed by atoms with Crippen molar-refractivity contribution in [1.29, 1.82) is 0 Å². The van der Waals surface area contributed by atoms with Gasteiger partial charge in [-0.3, -0.25) is 4.79 Å². The molecule has 0 saturated carbocycles. The van der Waals surface area contributed by atoms with Crippen LogP contribution in [0.1, 0.15) is 110 Å². The summed E-state index contributed by atoms with van der Waals surface area (Å²) in [6.07, 6.45) is 19.9. The zero-order chi connectivity index (χ0) is 23.0. The van der Waals surface area contributed by atoms with Crippen molar-refractivity contribution in [3.05, 3.63) is 22.7 Å². The third-order valence-electron chi connectivity index (χ3n) is 5.97. The maximum atomic E-state index is 12.0. The van der Waals surface area contributed by atoms with Crippen molar-refractivity contribution in [1.82, 2.24) is 4.98 Å². The van der Waals surface area contributed by atoms with Crippen LogP contribution in [0.4, 0.5) is 5.69 Å². The number of H-pyrrole nitrogens is 1. The van der Waals surface area contributed by atoms with Gasteiger partial charge < -0.3 is 10.1 Å². The number of carbonyl (C=O) groups is 1. The van der Waals surface area contributed by atoms with Crippen LogP contribution in [0.15, 0.2) is 32.9 Å². The summed E-state index contributed by atoms with van der Waals surface area (Å²) >= 11 is 3.41. The van der Waals surface area contributed by atoms with E-state index in [0.29, 0.717) is 12.1 Å². The first-order chi connectivity index (χ1) is 15.6. The molecule has 1 aromatic carbocycles. The molecule has 0 aliphatic heterocycles. The minimum Gasteiger partial charge on any atom is -0.493 e. The van der Waals surface area contributed by atoms with E-state index < -0.39 is 0 Å². The third kappa shape index (κ3) is 10.3. The molecule has 2 rings (SSSR count). The highest BCUT2D eigenvalue weighted by atomic mass is 79.9. The van der Waals surface area contributed by atoms with E-state index in [2.05, 4.69) is 38.1 Å². The molecule has 2 N–H and O–H groups in total. The fourth-order valence-electron chi connectivity index (χ4n) is 4.04. The first kappa shape index (κ1) is 26.6. The molecule has 0 atom stereocenters. The highest BCUT2D eigenvalue weighted by Gasteiger charge is 2.11. The van der Waals surface area contributed by atoms with Gasteiger partial charge in [0.1, 0.15) is 0 Å². The van der Waals surface area contributed by atoms with Gasteiger partial charge in [-0.1, -0.05) is 113 Å². The Morgan fingerprint density at radius 1 is 0.875 bits per heavy atom. The lowest BCUT2D eigenvalue weighted by Gasteiger charge is -2.03. The zero-order valence-electron chi connectivity index (χ0n) is 19.7. The fourth-order valence-corrected chi connectivity index (χ4v) is 4.40. The summed E-state index contributed by atoms with van der Waals surface area (Å²) in [5.41, 5.74) is 1.07. The standard InChI is InChI=1S/C26H40BrN3O2/c1-2-3-4-5-6-7-8-9-10-11-12-13-14-15-16-17-24(31)29-30-25-22-20-21(27)18-19-23(22)28-26(25)32/h18-20,28,32H,2-17H2,1H3. The highest BCUT2D eigenvalue weighted by Crippen LogP contribution is 2.36. The van der Waals surface area contributed by atoms with Crippen LogP contribution in [0, 0.1) is 0 Å². The normalized spacial score (nSPS) is 11.7. The molecule has 0 saturated heterocycles. The van der Waals surface area contributed by atoms with Crippen molar-refractivity contribution in [3.8, 4) is 5.88 Å². The Morgan fingerprint density at radius 2 is 1.41 bits per heavy atom. The van der Waals surface area contributed by atoms with Gasteiger partial charge in [0.15, 0.2) is 5.69 Å². The molecule has 0 radical (unpaired) electrons. The van der Waals surface area contributed by atoms with Crippen LogP contribution < -0.4 is 0 Å². The van der Waals surface area contributed by atoms with Crippen LogP contribution in [-0.4, -0.2) is 16.0 Å². The number of aromatic hydroxyl groups is 1. The van der Waals surface area contributed by atoms with Crippen LogP contribution in [0.3, 0.4) is 0 Å². The number of fused-ring (bicyclic) bond motifs is 1. The lowest BCUT2D eigenvalue weighted by atomic mass is 10.0. The van der Waals surface area contributed by atoms with E-state index in [-0.39, 0.29) is 11.8 Å². The molecule has 0 aliphatic rings. The molecule has 1 heterocycles. The van der Waals surface area contributed by atoms with Gasteiger partial charge in [0.05, 0.1) is 5.52 Å². The monoisotopic (exact) mass is 505 g/mol. The van der Waals surface area contributed by atoms with Gasteiger partial charge in [-0.15, -0.1) is 10.2 Å². The number of amides is 1. The van der Waals surface area contributed by atoms with E-state index in [1.807, 2.05) is 18.2 Å². The molecule has 1 amide bonds. The number of aromatic amines is 1. The number of carbonyl (C=O) groups excluding carboxylic acids is 1. The smallest absolute Gasteiger partial charge is 0.264 e. The number of benzene rings is 1. The maximum Gasteiger partial charge on any atom is 0.264 e. The van der Waals surface area contributed by atoms with E-state index in [1.165, 1.54) is 83.5 Å². The van der Waals surface area contributed by atoms with E-state index in [0.717, 1.165) is 28.2 Å². The van der Waals surface area contributed by atoms with Crippen molar-refractivity contribution in [2.75, 3.05) is 0 Å². The van der Waals surface area contributed by atoms with E-state index in [1.54, 1.807) is 0 Å². The molecule has 32 heavy (non-hydrogen) atoms. The topological polar surface area (TPSA) is 77.8 Å². The molecule has 0 unspecified atom stereocenters. The minimum absolute atomic E-state index is 0.0679. The Hall–Kier alpha value is -1.69. The summed E-state index contributed by atoms with van der Waals surface area (Å²) in [5, 5.41) is 18.6. The maximum absolute atomic E-state index is 12.0. The second-order valence-corrected chi connectivity index (χ2v) is 9.72. The number of hydrogen-bond donors (Lipinski definition) is 2. The number of hydrogen-bond acceptors (Lipinski definition) is 3. The number of nitrogens with zero attached hydrogens (tertiary/aromatic N) is 2. The summed E-state index contributed by atoms with van der Waals surface area (Å²) in [6, 6.07) is 5.56. The fraction of sp³-hybridized carbons (Fsp3) is 0.654.